The summed E-state index contributed by atoms with van der Waals surface area (Å²) in [6, 6.07) is 0. The van der Waals surface area contributed by atoms with E-state index in [4.69, 9.17) is 9.84 Å². The van der Waals surface area contributed by atoms with E-state index in [0.29, 0.717) is 0 Å². The zero-order chi connectivity index (χ0) is 9.35. The van der Waals surface area contributed by atoms with E-state index in [1.807, 2.05) is 6.92 Å². The number of aliphatic hydroxyl groups is 1. The maximum Gasteiger partial charge on any atom is 0.306 e. The lowest BCUT2D eigenvalue weighted by Crippen LogP contribution is -2.39. The predicted molar refractivity (Wildman–Crippen MR) is 41.8 cm³/mol. The molecule has 4 heteroatoms. The number of aliphatic carboxylic acids is 1. The van der Waals surface area contributed by atoms with Gasteiger partial charge in [0, 0.05) is 5.92 Å². The third kappa shape index (κ3) is 1.59. The van der Waals surface area contributed by atoms with E-state index >= 15 is 0 Å². The molecule has 1 fully saturated rings. The van der Waals surface area contributed by atoms with Crippen LogP contribution in [0.25, 0.3) is 0 Å². The molecular formula is C8H14O4. The van der Waals surface area contributed by atoms with Crippen LogP contribution < -0.4 is 0 Å². The zero-order valence-corrected chi connectivity index (χ0v) is 7.28. The van der Waals surface area contributed by atoms with E-state index in [0.717, 1.165) is 0 Å². The molecule has 0 aliphatic carbocycles. The summed E-state index contributed by atoms with van der Waals surface area (Å²) in [4.78, 5) is 10.4. The van der Waals surface area contributed by atoms with Crippen LogP contribution in [0, 0.1) is 5.92 Å². The summed E-state index contributed by atoms with van der Waals surface area (Å²) < 4.78 is 5.17. The third-order valence-corrected chi connectivity index (χ3v) is 2.61. The van der Waals surface area contributed by atoms with Gasteiger partial charge in [-0.05, 0) is 6.92 Å². The lowest BCUT2D eigenvalue weighted by Gasteiger charge is -2.24. The molecule has 1 aliphatic heterocycles. The van der Waals surface area contributed by atoms with E-state index in [1.54, 1.807) is 6.92 Å². The van der Waals surface area contributed by atoms with Crippen molar-refractivity contribution in [2.45, 2.75) is 32.0 Å². The van der Waals surface area contributed by atoms with Crippen LogP contribution in [0.1, 0.15) is 20.3 Å². The highest BCUT2D eigenvalue weighted by Gasteiger charge is 2.45. The molecule has 70 valence electrons. The smallest absolute Gasteiger partial charge is 0.306 e. The van der Waals surface area contributed by atoms with Crippen molar-refractivity contribution in [2.24, 2.45) is 5.92 Å². The van der Waals surface area contributed by atoms with Gasteiger partial charge in [0.2, 0.25) is 0 Å². The molecule has 0 unspecified atom stereocenters. The number of ether oxygens (including phenoxy) is 1. The maximum absolute atomic E-state index is 10.4. The fourth-order valence-electron chi connectivity index (χ4n) is 1.46. The average molecular weight is 174 g/mol. The predicted octanol–water partition coefficient (Wildman–Crippen LogP) is 0.247. The molecule has 4 nitrogen and oxygen atoms in total. The van der Waals surface area contributed by atoms with Crippen molar-refractivity contribution in [3.05, 3.63) is 0 Å². The molecule has 1 rings (SSSR count). The Morgan fingerprint density at radius 2 is 2.25 bits per heavy atom. The Morgan fingerprint density at radius 3 is 2.58 bits per heavy atom. The van der Waals surface area contributed by atoms with Gasteiger partial charge in [0.15, 0.2) is 0 Å². The van der Waals surface area contributed by atoms with E-state index in [9.17, 15) is 9.90 Å². The molecule has 0 aromatic carbocycles. The topological polar surface area (TPSA) is 66.8 Å². The van der Waals surface area contributed by atoms with E-state index < -0.39 is 11.6 Å². The Labute approximate surface area is 71.2 Å². The molecule has 12 heavy (non-hydrogen) atoms. The van der Waals surface area contributed by atoms with Crippen LogP contribution in [-0.4, -0.2) is 34.5 Å². The molecule has 1 heterocycles. The van der Waals surface area contributed by atoms with E-state index in [2.05, 4.69) is 0 Å². The summed E-state index contributed by atoms with van der Waals surface area (Å²) >= 11 is 0. The molecule has 2 N–H and O–H groups in total. The van der Waals surface area contributed by atoms with Gasteiger partial charge in [-0.2, -0.15) is 0 Å². The molecule has 0 radical (unpaired) electrons. The largest absolute Gasteiger partial charge is 0.481 e. The SMILES string of the molecule is C[C@@H]1OC[C@@](O)(CC(=O)O)[C@@H]1C. The van der Waals surface area contributed by atoms with Crippen molar-refractivity contribution in [1.29, 1.82) is 0 Å². The van der Waals surface area contributed by atoms with Gasteiger partial charge in [-0.15, -0.1) is 0 Å². The van der Waals surface area contributed by atoms with Gasteiger partial charge in [0.25, 0.3) is 0 Å². The van der Waals surface area contributed by atoms with Crippen molar-refractivity contribution in [1.82, 2.24) is 0 Å². The quantitative estimate of drug-likeness (QED) is 0.629. The second-order valence-corrected chi connectivity index (χ2v) is 3.48. The van der Waals surface area contributed by atoms with Crippen LogP contribution in [0.3, 0.4) is 0 Å². The Hall–Kier alpha value is -0.610. The minimum Gasteiger partial charge on any atom is -0.481 e. The summed E-state index contributed by atoms with van der Waals surface area (Å²) in [7, 11) is 0. The highest BCUT2D eigenvalue weighted by molar-refractivity contribution is 5.68. The zero-order valence-electron chi connectivity index (χ0n) is 7.28. The molecule has 1 saturated heterocycles. The summed E-state index contributed by atoms with van der Waals surface area (Å²) in [5.41, 5.74) is -1.18. The second-order valence-electron chi connectivity index (χ2n) is 3.48. The molecule has 3 atom stereocenters. The van der Waals surface area contributed by atoms with E-state index in [-0.39, 0.29) is 25.0 Å². The normalized spacial score (nSPS) is 41.6. The Balaban J connectivity index is 2.65. The Morgan fingerprint density at radius 1 is 1.67 bits per heavy atom. The maximum atomic E-state index is 10.4. The molecule has 1 aliphatic rings. The monoisotopic (exact) mass is 174 g/mol. The van der Waals surface area contributed by atoms with Crippen LogP contribution >= 0.6 is 0 Å². The highest BCUT2D eigenvalue weighted by atomic mass is 16.5. The van der Waals surface area contributed by atoms with Crippen molar-refractivity contribution < 1.29 is 19.7 Å². The fourth-order valence-corrected chi connectivity index (χ4v) is 1.46. The van der Waals surface area contributed by atoms with Gasteiger partial charge in [0.05, 0.1) is 19.1 Å². The number of hydrogen-bond acceptors (Lipinski definition) is 3. The molecular weight excluding hydrogens is 160 g/mol. The van der Waals surface area contributed by atoms with Crippen LogP contribution in [0.15, 0.2) is 0 Å². The summed E-state index contributed by atoms with van der Waals surface area (Å²) in [6.07, 6.45) is -0.298. The first-order chi connectivity index (χ1) is 5.46. The van der Waals surface area contributed by atoms with E-state index in [1.165, 1.54) is 0 Å². The number of carboxylic acid groups (broad SMARTS) is 1. The van der Waals surface area contributed by atoms with Crippen LogP contribution in [0.4, 0.5) is 0 Å². The minimum absolute atomic E-state index is 0.0608. The number of rotatable bonds is 2. The van der Waals surface area contributed by atoms with Crippen molar-refractivity contribution in [3.63, 3.8) is 0 Å². The Kier molecular flexibility index (Phi) is 2.39. The summed E-state index contributed by atoms with van der Waals surface area (Å²) in [6.45, 7) is 3.77. The van der Waals surface area contributed by atoms with Crippen molar-refractivity contribution in [2.75, 3.05) is 6.61 Å². The molecule has 0 saturated carbocycles. The van der Waals surface area contributed by atoms with Gasteiger partial charge >= 0.3 is 5.97 Å². The molecule has 0 aromatic rings. The van der Waals surface area contributed by atoms with Gasteiger partial charge in [-0.25, -0.2) is 0 Å². The van der Waals surface area contributed by atoms with Crippen molar-refractivity contribution >= 4 is 5.97 Å². The fraction of sp³-hybridized carbons (Fsp3) is 0.875. The summed E-state index contributed by atoms with van der Waals surface area (Å²) in [5, 5.41) is 18.3. The van der Waals surface area contributed by atoms with Gasteiger partial charge in [0.1, 0.15) is 5.60 Å². The van der Waals surface area contributed by atoms with Crippen molar-refractivity contribution in [3.8, 4) is 0 Å². The van der Waals surface area contributed by atoms with Gasteiger partial charge < -0.3 is 14.9 Å². The molecule has 0 amide bonds. The van der Waals surface area contributed by atoms with Crippen LogP contribution in [0.2, 0.25) is 0 Å². The standard InChI is InChI=1S/C8H14O4/c1-5-6(2)12-4-8(5,11)3-7(9)10/h5-6,11H,3-4H2,1-2H3,(H,9,10)/t5-,6+,8+/m1/s1. The number of carboxylic acids is 1. The molecule has 0 spiro atoms. The minimum atomic E-state index is -1.18. The first kappa shape index (κ1) is 9.48. The first-order valence-electron chi connectivity index (χ1n) is 4.01. The molecule has 0 bridgehead atoms. The Bertz CT molecular complexity index is 191. The molecule has 0 aromatic heterocycles. The number of carbonyl (C=O) groups is 1. The first-order valence-corrected chi connectivity index (χ1v) is 4.01. The summed E-state index contributed by atoms with van der Waals surface area (Å²) in [5.74, 6) is -1.10. The lowest BCUT2D eigenvalue weighted by atomic mass is 9.86. The van der Waals surface area contributed by atoms with Gasteiger partial charge in [-0.1, -0.05) is 6.92 Å². The average Bonchev–Trinajstić information content (AvgIpc) is 2.16. The second kappa shape index (κ2) is 3.03. The number of hydrogen-bond donors (Lipinski definition) is 2. The van der Waals surface area contributed by atoms with Crippen LogP contribution in [-0.2, 0) is 9.53 Å². The third-order valence-electron chi connectivity index (χ3n) is 2.61. The highest BCUT2D eigenvalue weighted by Crippen LogP contribution is 2.32. The lowest BCUT2D eigenvalue weighted by molar-refractivity contribution is -0.143. The van der Waals surface area contributed by atoms with Gasteiger partial charge in [-0.3, -0.25) is 4.79 Å². The van der Waals surface area contributed by atoms with Crippen LogP contribution in [0.5, 0.6) is 0 Å².